The summed E-state index contributed by atoms with van der Waals surface area (Å²) in [7, 11) is 0. The molecule has 2 heterocycles. The van der Waals surface area contributed by atoms with Gasteiger partial charge in [-0.15, -0.1) is 0 Å². The fourth-order valence-electron chi connectivity index (χ4n) is 4.43. The van der Waals surface area contributed by atoms with Crippen molar-refractivity contribution in [2.75, 3.05) is 19.7 Å². The van der Waals surface area contributed by atoms with Crippen molar-refractivity contribution < 1.29 is 9.53 Å². The Morgan fingerprint density at radius 3 is 2.69 bits per heavy atom. The highest BCUT2D eigenvalue weighted by Crippen LogP contribution is 2.29. The maximum atomic E-state index is 12.6. The number of benzene rings is 1. The number of ether oxygens (including phenoxy) is 1. The number of carbonyl (C=O) groups excluding carboxylic acids is 1. The van der Waals surface area contributed by atoms with Crippen molar-refractivity contribution in [2.24, 2.45) is 5.92 Å². The van der Waals surface area contributed by atoms with Crippen LogP contribution in [0.5, 0.6) is 5.75 Å². The van der Waals surface area contributed by atoms with Crippen molar-refractivity contribution in [3.05, 3.63) is 58.9 Å². The number of aromatic nitrogens is 1. The van der Waals surface area contributed by atoms with Gasteiger partial charge in [0.05, 0.1) is 12.8 Å². The zero-order valence-electron chi connectivity index (χ0n) is 16.9. The molecule has 2 aliphatic carbocycles. The van der Waals surface area contributed by atoms with Crippen molar-refractivity contribution in [3.63, 3.8) is 0 Å². The monoisotopic (exact) mass is 391 g/mol. The predicted molar refractivity (Wildman–Crippen MR) is 112 cm³/mol. The van der Waals surface area contributed by atoms with E-state index in [0.717, 1.165) is 31.7 Å². The first-order chi connectivity index (χ1) is 14.2. The molecule has 1 N–H and O–H groups in total. The first kappa shape index (κ1) is 18.6. The Bertz CT molecular complexity index is 870. The first-order valence-electron chi connectivity index (χ1n) is 11.0. The molecule has 1 unspecified atom stereocenters. The van der Waals surface area contributed by atoms with E-state index < -0.39 is 0 Å². The summed E-state index contributed by atoms with van der Waals surface area (Å²) in [6.07, 6.45) is 8.62. The topological polar surface area (TPSA) is 54.5 Å². The fourth-order valence-corrected chi connectivity index (χ4v) is 4.43. The van der Waals surface area contributed by atoms with Gasteiger partial charge in [0, 0.05) is 12.6 Å². The number of amides is 1. The molecule has 5 rings (SSSR count). The SMILES string of the molecule is O=C(NC1Cc2ccc(CN3CCCC3)cc2C1)c1ccc(OCC2CC2)cn1. The largest absolute Gasteiger partial charge is 0.492 e. The summed E-state index contributed by atoms with van der Waals surface area (Å²) in [6, 6.07) is 10.6. The lowest BCUT2D eigenvalue weighted by molar-refractivity contribution is 0.0933. The fraction of sp³-hybridized carbons (Fsp3) is 0.500. The molecule has 152 valence electrons. The maximum absolute atomic E-state index is 12.6. The molecule has 5 nitrogen and oxygen atoms in total. The Balaban J connectivity index is 1.15. The molecular weight excluding hydrogens is 362 g/mol. The summed E-state index contributed by atoms with van der Waals surface area (Å²) in [6.45, 7) is 4.23. The number of fused-ring (bicyclic) bond motifs is 1. The highest BCUT2D eigenvalue weighted by molar-refractivity contribution is 5.92. The van der Waals surface area contributed by atoms with Crippen molar-refractivity contribution in [2.45, 2.75) is 51.1 Å². The summed E-state index contributed by atoms with van der Waals surface area (Å²) >= 11 is 0. The second kappa shape index (κ2) is 8.15. The van der Waals surface area contributed by atoms with E-state index in [4.69, 9.17) is 4.74 Å². The van der Waals surface area contributed by atoms with Gasteiger partial charge in [0.15, 0.2) is 0 Å². The zero-order chi connectivity index (χ0) is 19.6. The minimum Gasteiger partial charge on any atom is -0.492 e. The summed E-state index contributed by atoms with van der Waals surface area (Å²) in [5.41, 5.74) is 4.58. The van der Waals surface area contributed by atoms with Crippen LogP contribution < -0.4 is 10.1 Å². The van der Waals surface area contributed by atoms with Crippen molar-refractivity contribution in [3.8, 4) is 5.75 Å². The molecule has 2 aromatic rings. The molecule has 0 bridgehead atoms. The van der Waals surface area contributed by atoms with E-state index in [1.807, 2.05) is 6.07 Å². The number of nitrogens with zero attached hydrogens (tertiary/aromatic N) is 2. The van der Waals surface area contributed by atoms with Gasteiger partial charge >= 0.3 is 0 Å². The normalized spacial score (nSPS) is 21.2. The van der Waals surface area contributed by atoms with Gasteiger partial charge in [-0.3, -0.25) is 9.69 Å². The summed E-state index contributed by atoms with van der Waals surface area (Å²) in [5, 5.41) is 3.16. The second-order valence-corrected chi connectivity index (χ2v) is 8.80. The standard InChI is InChI=1S/C24H29N3O2/c28-24(23-8-7-22(14-25-23)29-16-17-3-4-17)26-21-12-19-6-5-18(11-20(19)13-21)15-27-9-1-2-10-27/h5-8,11,14,17,21H,1-4,9-10,12-13,15-16H2,(H,26,28). The van der Waals surface area contributed by atoms with E-state index in [9.17, 15) is 4.79 Å². The number of nitrogens with one attached hydrogen (secondary N) is 1. The van der Waals surface area contributed by atoms with Gasteiger partial charge in [-0.2, -0.15) is 0 Å². The molecule has 5 heteroatoms. The average Bonchev–Trinajstić information content (AvgIpc) is 3.26. The summed E-state index contributed by atoms with van der Waals surface area (Å²) in [5.74, 6) is 1.35. The van der Waals surface area contributed by atoms with E-state index in [0.29, 0.717) is 11.6 Å². The van der Waals surface area contributed by atoms with E-state index in [2.05, 4.69) is 33.4 Å². The molecule has 1 atom stereocenters. The number of carbonyl (C=O) groups is 1. The third-order valence-electron chi connectivity index (χ3n) is 6.29. The molecule has 3 aliphatic rings. The van der Waals surface area contributed by atoms with Gasteiger partial charge in [0.2, 0.25) is 0 Å². The van der Waals surface area contributed by atoms with Crippen LogP contribution in [0.25, 0.3) is 0 Å². The summed E-state index contributed by atoms with van der Waals surface area (Å²) in [4.78, 5) is 19.4. The quantitative estimate of drug-likeness (QED) is 0.786. The molecule has 29 heavy (non-hydrogen) atoms. The molecule has 1 aromatic heterocycles. The van der Waals surface area contributed by atoms with Crippen LogP contribution in [-0.4, -0.2) is 41.5 Å². The van der Waals surface area contributed by atoms with Gasteiger partial charge in [-0.05, 0) is 86.4 Å². The van der Waals surface area contributed by atoms with Gasteiger partial charge in [-0.25, -0.2) is 4.98 Å². The molecule has 0 spiro atoms. The van der Waals surface area contributed by atoms with Gasteiger partial charge in [-0.1, -0.05) is 18.2 Å². The molecule has 1 amide bonds. The lowest BCUT2D eigenvalue weighted by atomic mass is 10.1. The zero-order valence-corrected chi connectivity index (χ0v) is 16.9. The van der Waals surface area contributed by atoms with Crippen LogP contribution in [0.1, 0.15) is 52.9 Å². The Morgan fingerprint density at radius 1 is 1.10 bits per heavy atom. The van der Waals surface area contributed by atoms with Crippen molar-refractivity contribution >= 4 is 5.91 Å². The van der Waals surface area contributed by atoms with Crippen LogP contribution in [-0.2, 0) is 19.4 Å². The van der Waals surface area contributed by atoms with Crippen molar-refractivity contribution in [1.29, 1.82) is 0 Å². The van der Waals surface area contributed by atoms with Crippen molar-refractivity contribution in [1.82, 2.24) is 15.2 Å². The van der Waals surface area contributed by atoms with Crippen LogP contribution >= 0.6 is 0 Å². The Morgan fingerprint density at radius 2 is 1.93 bits per heavy atom. The molecule has 1 aromatic carbocycles. The minimum absolute atomic E-state index is 0.103. The summed E-state index contributed by atoms with van der Waals surface area (Å²) < 4.78 is 5.70. The van der Waals surface area contributed by atoms with Crippen LogP contribution in [0.15, 0.2) is 36.5 Å². The lowest BCUT2D eigenvalue weighted by Gasteiger charge is -2.15. The highest BCUT2D eigenvalue weighted by Gasteiger charge is 2.25. The second-order valence-electron chi connectivity index (χ2n) is 8.80. The number of pyridine rings is 1. The Labute approximate surface area is 172 Å². The number of hydrogen-bond donors (Lipinski definition) is 1. The van der Waals surface area contributed by atoms with E-state index in [1.165, 1.54) is 55.5 Å². The minimum atomic E-state index is -0.103. The number of rotatable bonds is 7. The molecule has 1 saturated carbocycles. The van der Waals surface area contributed by atoms with Gasteiger partial charge in [0.25, 0.3) is 5.91 Å². The van der Waals surface area contributed by atoms with Gasteiger partial charge < -0.3 is 10.1 Å². The van der Waals surface area contributed by atoms with Crippen LogP contribution in [0.4, 0.5) is 0 Å². The van der Waals surface area contributed by atoms with E-state index in [1.54, 1.807) is 12.3 Å². The number of hydrogen-bond acceptors (Lipinski definition) is 4. The third kappa shape index (κ3) is 4.61. The number of likely N-dealkylation sites (tertiary alicyclic amines) is 1. The highest BCUT2D eigenvalue weighted by atomic mass is 16.5. The van der Waals surface area contributed by atoms with E-state index >= 15 is 0 Å². The predicted octanol–water partition coefficient (Wildman–Crippen LogP) is 3.36. The van der Waals surface area contributed by atoms with Crippen LogP contribution in [0.3, 0.4) is 0 Å². The van der Waals surface area contributed by atoms with E-state index in [-0.39, 0.29) is 11.9 Å². The molecular formula is C24H29N3O2. The van der Waals surface area contributed by atoms with Gasteiger partial charge in [0.1, 0.15) is 11.4 Å². The van der Waals surface area contributed by atoms with Crippen LogP contribution in [0, 0.1) is 5.92 Å². The average molecular weight is 392 g/mol. The molecule has 1 aliphatic heterocycles. The lowest BCUT2D eigenvalue weighted by Crippen LogP contribution is -2.35. The van der Waals surface area contributed by atoms with Crippen LogP contribution in [0.2, 0.25) is 0 Å². The molecule has 1 saturated heterocycles. The smallest absolute Gasteiger partial charge is 0.270 e. The third-order valence-corrected chi connectivity index (χ3v) is 6.29. The Kier molecular flexibility index (Phi) is 5.23. The maximum Gasteiger partial charge on any atom is 0.270 e. The first-order valence-corrected chi connectivity index (χ1v) is 11.0. The molecule has 0 radical (unpaired) electrons. The Hall–Kier alpha value is -2.40. The molecule has 2 fully saturated rings.